The fourth-order valence-electron chi connectivity index (χ4n) is 6.23. The second kappa shape index (κ2) is 15.4. The highest BCUT2D eigenvalue weighted by Gasteiger charge is 2.28. The van der Waals surface area contributed by atoms with Crippen molar-refractivity contribution >= 4 is 54.2 Å². The highest BCUT2D eigenvalue weighted by Crippen LogP contribution is 2.43. The molecule has 1 N–H and O–H groups in total. The van der Waals surface area contributed by atoms with Gasteiger partial charge in [0.05, 0.1) is 27.8 Å². The summed E-state index contributed by atoms with van der Waals surface area (Å²) in [7, 11) is -9.74. The molecule has 1 aliphatic carbocycles. The molecule has 1 aliphatic heterocycles. The first-order valence-corrected chi connectivity index (χ1v) is 19.9. The largest absolute Gasteiger partial charge is 0.744 e. The number of sulfonamides is 1. The van der Waals surface area contributed by atoms with Gasteiger partial charge < -0.3 is 13.9 Å². The highest BCUT2D eigenvalue weighted by atomic mass is 35.5. The van der Waals surface area contributed by atoms with Crippen LogP contribution in [0, 0.1) is 0 Å². The van der Waals surface area contributed by atoms with E-state index in [0.717, 1.165) is 43.3 Å². The molecule has 13 heteroatoms. The summed E-state index contributed by atoms with van der Waals surface area (Å²) >= 11 is 5.83. The standard InChI is InChI=1S/C37H40ClN3O7S2/c1-5-40(6-2)26-14-17-29-34(21-26)48-35-22-27(41(7-3)8-4)15-18-30(35)37(29)31-19-16-28(23-36(31)50(45,46)47)49(43,44)39-32(33(42)24-38)20-25-12-10-9-11-13-25/h9-19,21-23,32,39H,5-8,20,24H2,1-4H3. The molecule has 0 radical (unpaired) electrons. The Hall–Kier alpha value is -4.07. The predicted octanol–water partition coefficient (Wildman–Crippen LogP) is 5.46. The molecule has 50 heavy (non-hydrogen) atoms. The molecule has 1 unspecified atom stereocenters. The average molecular weight is 738 g/mol. The summed E-state index contributed by atoms with van der Waals surface area (Å²) in [5.74, 6) is -0.541. The molecule has 10 nitrogen and oxygen atoms in total. The van der Waals surface area contributed by atoms with Crippen LogP contribution < -0.4 is 19.6 Å². The maximum Gasteiger partial charge on any atom is 0.241 e. The van der Waals surface area contributed by atoms with Crippen molar-refractivity contribution in [1.82, 2.24) is 9.30 Å². The third-order valence-electron chi connectivity index (χ3n) is 8.85. The smallest absolute Gasteiger partial charge is 0.241 e. The zero-order valence-corrected chi connectivity index (χ0v) is 30.7. The number of carbonyl (C=O) groups excluding carboxylic acids is 1. The molecular formula is C37H40ClN3O7S2. The topological polar surface area (TPSA) is 140 Å². The van der Waals surface area contributed by atoms with Gasteiger partial charge in [-0.05, 0) is 70.0 Å². The third kappa shape index (κ3) is 7.79. The van der Waals surface area contributed by atoms with Crippen molar-refractivity contribution in [3.8, 4) is 22.5 Å². The van der Waals surface area contributed by atoms with Crippen LogP contribution in [0.3, 0.4) is 0 Å². The lowest BCUT2D eigenvalue weighted by Gasteiger charge is -2.23. The van der Waals surface area contributed by atoms with E-state index in [1.54, 1.807) is 30.3 Å². The minimum absolute atomic E-state index is 0.0207. The van der Waals surface area contributed by atoms with Crippen LogP contribution >= 0.6 is 11.6 Å². The highest BCUT2D eigenvalue weighted by molar-refractivity contribution is 7.89. The summed E-state index contributed by atoms with van der Waals surface area (Å²) in [5, 5.41) is 1.44. The zero-order valence-electron chi connectivity index (χ0n) is 28.3. The molecule has 0 bridgehead atoms. The maximum atomic E-state index is 13.7. The van der Waals surface area contributed by atoms with Gasteiger partial charge in [-0.15, -0.1) is 11.6 Å². The molecule has 0 saturated heterocycles. The minimum atomic E-state index is -5.24. The Bertz CT molecular complexity index is 2280. The van der Waals surface area contributed by atoms with Gasteiger partial charge in [-0.3, -0.25) is 4.79 Å². The number of nitrogens with zero attached hydrogens (tertiary/aromatic N) is 2. The number of rotatable bonds is 14. The molecule has 0 amide bonds. The number of halogens is 1. The summed E-state index contributed by atoms with van der Waals surface area (Å²) in [6.45, 7) is 11.2. The van der Waals surface area contributed by atoms with Crippen molar-refractivity contribution in [1.29, 1.82) is 0 Å². The Morgan fingerprint density at radius 2 is 1.56 bits per heavy atom. The number of Topliss-reactive ketones (excluding diaryl/α,β-unsaturated/α-hetero) is 1. The monoisotopic (exact) mass is 737 g/mol. The number of ketones is 1. The number of carbonyl (C=O) groups is 1. The second-order valence-corrected chi connectivity index (χ2v) is 15.1. The van der Waals surface area contributed by atoms with Gasteiger partial charge >= 0.3 is 0 Å². The Labute approximate surface area is 298 Å². The molecule has 0 aromatic heterocycles. The number of nitrogens with one attached hydrogen (secondary N) is 1. The average Bonchev–Trinajstić information content (AvgIpc) is 3.10. The fourth-order valence-corrected chi connectivity index (χ4v) is 8.45. The third-order valence-corrected chi connectivity index (χ3v) is 11.5. The zero-order chi connectivity index (χ0) is 36.2. The predicted molar refractivity (Wildman–Crippen MR) is 196 cm³/mol. The molecule has 2 aliphatic rings. The number of hydrogen-bond donors (Lipinski definition) is 1. The van der Waals surface area contributed by atoms with Gasteiger partial charge in [0, 0.05) is 53.0 Å². The van der Waals surface area contributed by atoms with Crippen molar-refractivity contribution in [3.05, 3.63) is 95.8 Å². The minimum Gasteiger partial charge on any atom is -0.744 e. The lowest BCUT2D eigenvalue weighted by Crippen LogP contribution is -2.43. The Morgan fingerprint density at radius 1 is 0.880 bits per heavy atom. The number of anilines is 1. The summed E-state index contributed by atoms with van der Waals surface area (Å²) in [6, 6.07) is 22.2. The van der Waals surface area contributed by atoms with E-state index in [9.17, 15) is 26.2 Å². The van der Waals surface area contributed by atoms with Gasteiger partial charge in [0.2, 0.25) is 15.4 Å². The maximum absolute atomic E-state index is 13.7. The van der Waals surface area contributed by atoms with Crippen LogP contribution in [0.15, 0.2) is 99.1 Å². The Morgan fingerprint density at radius 3 is 2.18 bits per heavy atom. The molecule has 1 atom stereocenters. The van der Waals surface area contributed by atoms with Crippen LogP contribution in [-0.4, -0.2) is 65.3 Å². The van der Waals surface area contributed by atoms with Gasteiger partial charge in [-0.25, -0.2) is 26.1 Å². The van der Waals surface area contributed by atoms with Crippen molar-refractivity contribution in [2.75, 3.05) is 37.0 Å². The van der Waals surface area contributed by atoms with E-state index >= 15 is 0 Å². The number of fused-ring (bicyclic) bond motifs is 2. The number of alkyl halides is 1. The summed E-state index contributed by atoms with van der Waals surface area (Å²) in [6.07, 6.45) is 0.0207. The fraction of sp³-hybridized carbons (Fsp3) is 0.297. The first-order valence-electron chi connectivity index (χ1n) is 16.4. The van der Waals surface area contributed by atoms with E-state index in [1.165, 1.54) is 12.1 Å². The van der Waals surface area contributed by atoms with Crippen LogP contribution in [0.5, 0.6) is 0 Å². The van der Waals surface area contributed by atoms with Gasteiger partial charge in [-0.1, -0.05) is 36.4 Å². The first kappa shape index (κ1) is 37.2. The number of benzene rings is 4. The van der Waals surface area contributed by atoms with Crippen LogP contribution in [0.4, 0.5) is 5.69 Å². The summed E-state index contributed by atoms with van der Waals surface area (Å²) < 4.78 is 77.3. The molecule has 264 valence electrons. The number of hydrogen-bond acceptors (Lipinski definition) is 8. The van der Waals surface area contributed by atoms with Gasteiger partial charge in [0.1, 0.15) is 34.6 Å². The van der Waals surface area contributed by atoms with E-state index in [4.69, 9.17) is 16.0 Å². The normalized spacial score (nSPS) is 12.7. The van der Waals surface area contributed by atoms with Crippen LogP contribution in [0.1, 0.15) is 33.3 Å². The van der Waals surface area contributed by atoms with Crippen LogP contribution in [-0.2, 0) is 31.4 Å². The van der Waals surface area contributed by atoms with Crippen molar-refractivity contribution < 1.29 is 30.6 Å². The molecule has 0 saturated carbocycles. The molecule has 3 aromatic carbocycles. The van der Waals surface area contributed by atoms with Crippen LogP contribution in [0.2, 0.25) is 0 Å². The first-order chi connectivity index (χ1) is 23.8. The van der Waals surface area contributed by atoms with Crippen molar-refractivity contribution in [3.63, 3.8) is 0 Å². The molecular weight excluding hydrogens is 698 g/mol. The van der Waals surface area contributed by atoms with Gasteiger partial charge in [-0.2, -0.15) is 0 Å². The molecule has 5 rings (SSSR count). The SMILES string of the molecule is CCN(CC)c1ccc2c(-c3ccc(S(=O)(=O)NC(Cc4ccccc4)C(=O)CCl)cc3S(=O)(=O)[O-])c3ccc(=[N+](CC)CC)cc-3oc2c1. The van der Waals surface area contributed by atoms with Gasteiger partial charge in [0.25, 0.3) is 0 Å². The van der Waals surface area contributed by atoms with E-state index < -0.39 is 47.6 Å². The lowest BCUT2D eigenvalue weighted by molar-refractivity contribution is -0.118. The second-order valence-electron chi connectivity index (χ2n) is 11.8. The van der Waals surface area contributed by atoms with Crippen molar-refractivity contribution in [2.24, 2.45) is 0 Å². The molecule has 3 aromatic rings. The Kier molecular flexibility index (Phi) is 11.5. The van der Waals surface area contributed by atoms with Crippen molar-refractivity contribution in [2.45, 2.75) is 49.9 Å². The van der Waals surface area contributed by atoms with E-state index in [2.05, 4.69) is 14.2 Å². The lowest BCUT2D eigenvalue weighted by atomic mass is 9.93. The molecule has 0 fully saturated rings. The van der Waals surface area contributed by atoms with E-state index in [0.29, 0.717) is 33.4 Å². The summed E-state index contributed by atoms with van der Waals surface area (Å²) in [4.78, 5) is 13.7. The Balaban J connectivity index is 1.74. The quantitative estimate of drug-likeness (QED) is 0.0686. The van der Waals surface area contributed by atoms with Gasteiger partial charge in [0.15, 0.2) is 5.78 Å². The molecule has 1 heterocycles. The molecule has 0 spiro atoms. The summed E-state index contributed by atoms with van der Waals surface area (Å²) in [5.41, 5.74) is 3.02. The van der Waals surface area contributed by atoms with E-state index in [-0.39, 0.29) is 12.0 Å². The van der Waals surface area contributed by atoms with E-state index in [1.807, 2.05) is 64.1 Å². The van der Waals surface area contributed by atoms with Crippen LogP contribution in [0.25, 0.3) is 33.4 Å².